The number of cyclic esters (lactones) is 1. The van der Waals surface area contributed by atoms with Crippen LogP contribution in [0.4, 0.5) is 4.39 Å². The molecule has 1 aromatic heterocycles. The molecule has 0 aliphatic carbocycles. The highest BCUT2D eigenvalue weighted by Gasteiger charge is 2.26. The van der Waals surface area contributed by atoms with Gasteiger partial charge in [0.05, 0.1) is 25.3 Å². The third-order valence-electron chi connectivity index (χ3n) is 6.05. The topological polar surface area (TPSA) is 77.9 Å². The molecule has 1 aliphatic heterocycles. The summed E-state index contributed by atoms with van der Waals surface area (Å²) in [5.41, 5.74) is 4.04. The summed E-state index contributed by atoms with van der Waals surface area (Å²) in [6, 6.07) is 13.7. The van der Waals surface area contributed by atoms with Gasteiger partial charge in [-0.3, -0.25) is 9.78 Å². The van der Waals surface area contributed by atoms with Crippen molar-refractivity contribution in [3.63, 3.8) is 0 Å². The van der Waals surface area contributed by atoms with E-state index in [0.717, 1.165) is 27.9 Å². The number of aliphatic hydroxyl groups is 1. The Morgan fingerprint density at radius 2 is 2.00 bits per heavy atom. The van der Waals surface area contributed by atoms with Gasteiger partial charge in [-0.15, -0.1) is 0 Å². The normalized spacial score (nSPS) is 17.9. The molecule has 2 atom stereocenters. The van der Waals surface area contributed by atoms with Gasteiger partial charge in [-0.1, -0.05) is 38.1 Å². The molecule has 1 N–H and O–H groups in total. The van der Waals surface area contributed by atoms with Crippen LogP contribution < -0.4 is 9.47 Å². The van der Waals surface area contributed by atoms with E-state index < -0.39 is 18.2 Å². The van der Waals surface area contributed by atoms with E-state index in [2.05, 4.69) is 18.8 Å². The lowest BCUT2D eigenvalue weighted by atomic mass is 9.88. The molecule has 36 heavy (non-hydrogen) atoms. The maximum atomic E-state index is 13.8. The second-order valence-corrected chi connectivity index (χ2v) is 9.04. The molecule has 7 heteroatoms. The molecule has 1 aliphatic rings. The van der Waals surface area contributed by atoms with Gasteiger partial charge in [0.25, 0.3) is 0 Å². The number of esters is 1. The van der Waals surface area contributed by atoms with Crippen LogP contribution in [0.15, 0.2) is 60.8 Å². The fourth-order valence-corrected chi connectivity index (χ4v) is 4.29. The molecule has 188 valence electrons. The highest BCUT2D eigenvalue weighted by Crippen LogP contribution is 2.45. The predicted molar refractivity (Wildman–Crippen MR) is 135 cm³/mol. The van der Waals surface area contributed by atoms with Crippen LogP contribution in [0.2, 0.25) is 0 Å². The van der Waals surface area contributed by atoms with Crippen molar-refractivity contribution in [2.24, 2.45) is 0 Å². The van der Waals surface area contributed by atoms with E-state index in [-0.39, 0.29) is 24.8 Å². The second-order valence-electron chi connectivity index (χ2n) is 9.04. The van der Waals surface area contributed by atoms with Gasteiger partial charge in [-0.05, 0) is 59.0 Å². The van der Waals surface area contributed by atoms with Gasteiger partial charge >= 0.3 is 5.97 Å². The molecule has 0 amide bonds. The first-order valence-electron chi connectivity index (χ1n) is 11.9. The number of pyridine rings is 1. The quantitative estimate of drug-likeness (QED) is 0.409. The van der Waals surface area contributed by atoms with Crippen LogP contribution in [0.3, 0.4) is 0 Å². The van der Waals surface area contributed by atoms with E-state index in [4.69, 9.17) is 14.2 Å². The molecule has 0 bridgehead atoms. The van der Waals surface area contributed by atoms with Crippen LogP contribution in [0, 0.1) is 5.82 Å². The summed E-state index contributed by atoms with van der Waals surface area (Å²) in [5, 5.41) is 10.0. The molecular weight excluding hydrogens is 461 g/mol. The molecule has 0 saturated carbocycles. The van der Waals surface area contributed by atoms with Gasteiger partial charge in [0.15, 0.2) is 11.5 Å². The molecule has 2 aromatic carbocycles. The Kier molecular flexibility index (Phi) is 8.00. The summed E-state index contributed by atoms with van der Waals surface area (Å²) in [5.74, 6) is 0.384. The maximum absolute atomic E-state index is 13.8. The van der Waals surface area contributed by atoms with Crippen molar-refractivity contribution >= 4 is 12.0 Å². The van der Waals surface area contributed by atoms with Gasteiger partial charge in [0, 0.05) is 18.2 Å². The average Bonchev–Trinajstić information content (AvgIpc) is 2.86. The smallest absolute Gasteiger partial charge is 0.309 e. The van der Waals surface area contributed by atoms with Crippen molar-refractivity contribution in [1.82, 2.24) is 4.98 Å². The van der Waals surface area contributed by atoms with Gasteiger partial charge in [-0.25, -0.2) is 4.39 Å². The Morgan fingerprint density at radius 1 is 1.22 bits per heavy atom. The summed E-state index contributed by atoms with van der Waals surface area (Å²) >= 11 is 0. The van der Waals surface area contributed by atoms with E-state index in [9.17, 15) is 14.3 Å². The average molecular weight is 492 g/mol. The van der Waals surface area contributed by atoms with Crippen molar-refractivity contribution in [2.45, 2.75) is 51.4 Å². The van der Waals surface area contributed by atoms with Crippen molar-refractivity contribution in [1.29, 1.82) is 0 Å². The van der Waals surface area contributed by atoms with E-state index in [0.29, 0.717) is 17.9 Å². The molecule has 0 unspecified atom stereocenters. The standard InChI is InChI=1S/C29H30FNO5/c1-18(2)25-16-26(34-3)29(35-17-21-6-4-5-13-31-21)28(19-7-9-20(30)10-8-19)24(25)12-11-23-14-22(32)15-27(33)36-23/h4-13,16,18,22-23,32H,14-15,17H2,1-3H3/b12-11+/t22-,23-/m0/s1. The lowest BCUT2D eigenvalue weighted by molar-refractivity contribution is -0.156. The first-order valence-corrected chi connectivity index (χ1v) is 11.9. The molecular formula is C29H30FNO5. The number of hydrogen-bond donors (Lipinski definition) is 1. The van der Waals surface area contributed by atoms with Crippen molar-refractivity contribution in [3.05, 3.63) is 83.4 Å². The number of halogens is 1. The summed E-state index contributed by atoms with van der Waals surface area (Å²) in [6.07, 6.45) is 4.39. The molecule has 1 fully saturated rings. The number of ether oxygens (including phenoxy) is 3. The van der Waals surface area contributed by atoms with Crippen LogP contribution in [-0.4, -0.2) is 35.4 Å². The number of carbonyl (C=O) groups is 1. The molecule has 4 rings (SSSR count). The molecule has 0 radical (unpaired) electrons. The highest BCUT2D eigenvalue weighted by molar-refractivity contribution is 5.85. The largest absolute Gasteiger partial charge is 0.493 e. The summed E-state index contributed by atoms with van der Waals surface area (Å²) in [7, 11) is 1.58. The number of rotatable bonds is 8. The molecule has 1 saturated heterocycles. The number of methoxy groups -OCH3 is 1. The lowest BCUT2D eigenvalue weighted by Crippen LogP contribution is -2.31. The van der Waals surface area contributed by atoms with Crippen LogP contribution in [0.5, 0.6) is 11.5 Å². The summed E-state index contributed by atoms with van der Waals surface area (Å²) < 4.78 is 31.3. The zero-order valence-corrected chi connectivity index (χ0v) is 20.6. The number of aliphatic hydroxyl groups excluding tert-OH is 1. The number of hydrogen-bond acceptors (Lipinski definition) is 6. The zero-order valence-electron chi connectivity index (χ0n) is 20.6. The molecule has 3 aromatic rings. The SMILES string of the molecule is COc1cc(C(C)C)c(/C=C/[C@H]2C[C@H](O)CC(=O)O2)c(-c2ccc(F)cc2)c1OCc1ccccn1. The number of aromatic nitrogens is 1. The predicted octanol–water partition coefficient (Wildman–Crippen LogP) is 5.68. The Morgan fingerprint density at radius 3 is 2.64 bits per heavy atom. The Hall–Kier alpha value is -3.71. The Labute approximate surface area is 210 Å². The second kappa shape index (κ2) is 11.4. The third-order valence-corrected chi connectivity index (χ3v) is 6.05. The number of carbonyl (C=O) groups excluding carboxylic acids is 1. The van der Waals surface area contributed by atoms with Gasteiger partial charge in [0.1, 0.15) is 18.5 Å². The third kappa shape index (κ3) is 5.91. The first-order chi connectivity index (χ1) is 17.4. The fourth-order valence-electron chi connectivity index (χ4n) is 4.29. The van der Waals surface area contributed by atoms with Gasteiger partial charge in [0.2, 0.25) is 0 Å². The maximum Gasteiger partial charge on any atom is 0.309 e. The fraction of sp³-hybridized carbons (Fsp3) is 0.310. The van der Waals surface area contributed by atoms with E-state index in [1.807, 2.05) is 30.3 Å². The van der Waals surface area contributed by atoms with Crippen molar-refractivity contribution < 1.29 is 28.5 Å². The Bertz CT molecular complexity index is 1220. The lowest BCUT2D eigenvalue weighted by Gasteiger charge is -2.25. The van der Waals surface area contributed by atoms with E-state index >= 15 is 0 Å². The highest BCUT2D eigenvalue weighted by atomic mass is 19.1. The molecule has 6 nitrogen and oxygen atoms in total. The van der Waals surface area contributed by atoms with Gasteiger partial charge < -0.3 is 19.3 Å². The zero-order chi connectivity index (χ0) is 25.7. The summed E-state index contributed by atoms with van der Waals surface area (Å²) in [4.78, 5) is 16.2. The minimum absolute atomic E-state index is 0.00351. The van der Waals surface area contributed by atoms with Crippen LogP contribution in [0.25, 0.3) is 17.2 Å². The van der Waals surface area contributed by atoms with Gasteiger partial charge in [-0.2, -0.15) is 0 Å². The minimum Gasteiger partial charge on any atom is -0.493 e. The molecule has 2 heterocycles. The molecule has 0 spiro atoms. The van der Waals surface area contributed by atoms with E-state index in [1.54, 1.807) is 31.5 Å². The summed E-state index contributed by atoms with van der Waals surface area (Å²) in [6.45, 7) is 4.35. The number of nitrogens with zero attached hydrogens (tertiary/aromatic N) is 1. The number of benzene rings is 2. The van der Waals surface area contributed by atoms with Crippen LogP contribution >= 0.6 is 0 Å². The Balaban J connectivity index is 1.86. The van der Waals surface area contributed by atoms with Crippen molar-refractivity contribution in [2.75, 3.05) is 7.11 Å². The minimum atomic E-state index is -0.741. The first kappa shape index (κ1) is 25.4. The van der Waals surface area contributed by atoms with E-state index in [1.165, 1.54) is 12.1 Å². The van der Waals surface area contributed by atoms with Crippen LogP contribution in [0.1, 0.15) is 49.4 Å². The van der Waals surface area contributed by atoms with Crippen LogP contribution in [-0.2, 0) is 16.1 Å². The van der Waals surface area contributed by atoms with Crippen molar-refractivity contribution in [3.8, 4) is 22.6 Å². The monoisotopic (exact) mass is 491 g/mol.